The molecule has 30 heavy (non-hydrogen) atoms. The average molecular weight is 411 g/mol. The molecule has 0 saturated carbocycles. The number of carbonyl (C=O) groups is 3. The van der Waals surface area contributed by atoms with Crippen molar-refractivity contribution in [3.05, 3.63) is 42.5 Å². The maximum atomic E-state index is 13.4. The Labute approximate surface area is 175 Å². The third-order valence-corrected chi connectivity index (χ3v) is 6.57. The summed E-state index contributed by atoms with van der Waals surface area (Å²) < 4.78 is 11.3. The molecular weight excluding hydrogens is 386 g/mol. The molecule has 3 amide bonds. The molecule has 0 unspecified atom stereocenters. The van der Waals surface area contributed by atoms with E-state index < -0.39 is 17.4 Å². The number of piperazine rings is 1. The fourth-order valence-corrected chi connectivity index (χ4v) is 5.14. The van der Waals surface area contributed by atoms with E-state index in [4.69, 9.17) is 9.47 Å². The van der Waals surface area contributed by atoms with Crippen LogP contribution in [-0.4, -0.2) is 78.7 Å². The lowest BCUT2D eigenvalue weighted by molar-refractivity contribution is -0.141. The number of hydrogen-bond acceptors (Lipinski definition) is 5. The van der Waals surface area contributed by atoms with E-state index in [9.17, 15) is 14.4 Å². The first-order valence-electron chi connectivity index (χ1n) is 10.5. The van der Waals surface area contributed by atoms with Crippen molar-refractivity contribution >= 4 is 23.6 Å². The molecule has 0 N–H and O–H groups in total. The lowest BCUT2D eigenvalue weighted by atomic mass is 9.76. The Balaban J connectivity index is 1.33. The summed E-state index contributed by atoms with van der Waals surface area (Å²) in [6.45, 7) is 4.25. The number of ether oxygens (including phenoxy) is 2. The normalized spacial score (nSPS) is 32.0. The van der Waals surface area contributed by atoms with Gasteiger partial charge in [0.1, 0.15) is 5.60 Å². The van der Waals surface area contributed by atoms with Crippen LogP contribution in [0.5, 0.6) is 0 Å². The molecule has 1 aromatic rings. The van der Waals surface area contributed by atoms with E-state index in [1.165, 1.54) is 0 Å². The van der Waals surface area contributed by atoms with Crippen LogP contribution in [-0.2, 0) is 19.1 Å². The van der Waals surface area contributed by atoms with E-state index in [0.29, 0.717) is 39.3 Å². The number of carbonyl (C=O) groups excluding carboxylic acids is 3. The smallest absolute Gasteiger partial charge is 0.409 e. The molecule has 4 aliphatic rings. The molecule has 5 rings (SSSR count). The van der Waals surface area contributed by atoms with Gasteiger partial charge >= 0.3 is 6.09 Å². The molecule has 8 nitrogen and oxygen atoms in total. The minimum Gasteiger partial charge on any atom is -0.450 e. The van der Waals surface area contributed by atoms with Crippen molar-refractivity contribution in [3.63, 3.8) is 0 Å². The molecule has 158 valence electrons. The second-order valence-corrected chi connectivity index (χ2v) is 8.17. The molecular formula is C22H25N3O5. The lowest BCUT2D eigenvalue weighted by Gasteiger charge is -2.36. The van der Waals surface area contributed by atoms with Crippen LogP contribution in [0, 0.1) is 11.8 Å². The first-order chi connectivity index (χ1) is 14.5. The molecule has 2 bridgehead atoms. The highest BCUT2D eigenvalue weighted by Crippen LogP contribution is 2.53. The fraction of sp³-hybridized carbons (Fsp3) is 0.500. The van der Waals surface area contributed by atoms with Gasteiger partial charge in [-0.15, -0.1) is 0 Å². The van der Waals surface area contributed by atoms with Gasteiger partial charge in [-0.25, -0.2) is 4.79 Å². The third kappa shape index (κ3) is 2.81. The second-order valence-electron chi connectivity index (χ2n) is 8.17. The van der Waals surface area contributed by atoms with Gasteiger partial charge in [-0.2, -0.15) is 0 Å². The Morgan fingerprint density at radius 3 is 2.53 bits per heavy atom. The zero-order valence-corrected chi connectivity index (χ0v) is 16.9. The largest absolute Gasteiger partial charge is 0.450 e. The molecule has 1 aromatic carbocycles. The summed E-state index contributed by atoms with van der Waals surface area (Å²) >= 11 is 0. The minimum atomic E-state index is -0.731. The zero-order valence-electron chi connectivity index (χ0n) is 16.9. The molecule has 0 aromatic heterocycles. The summed E-state index contributed by atoms with van der Waals surface area (Å²) in [6, 6.07) is 9.50. The molecule has 1 spiro atoms. The minimum absolute atomic E-state index is 0.0587. The highest BCUT2D eigenvalue weighted by molar-refractivity contribution is 6.03. The quantitative estimate of drug-likeness (QED) is 0.700. The molecule has 0 radical (unpaired) electrons. The lowest BCUT2D eigenvalue weighted by Crippen LogP contribution is -2.54. The summed E-state index contributed by atoms with van der Waals surface area (Å²) in [7, 11) is 0. The SMILES string of the molecule is CCOC(=O)N1CCN(C(=O)[C@@H]2[C@H]3C=C[C@@]4(CN(c5ccccc5)C(=O)[C@@H]24)O3)CC1. The van der Waals surface area contributed by atoms with Crippen molar-refractivity contribution in [2.75, 3.05) is 44.2 Å². The van der Waals surface area contributed by atoms with E-state index in [-0.39, 0.29) is 24.0 Å². The molecule has 8 heteroatoms. The maximum Gasteiger partial charge on any atom is 0.409 e. The van der Waals surface area contributed by atoms with Gasteiger partial charge in [0.05, 0.1) is 31.1 Å². The van der Waals surface area contributed by atoms with Gasteiger partial charge in [0.15, 0.2) is 0 Å². The van der Waals surface area contributed by atoms with Crippen LogP contribution in [0.2, 0.25) is 0 Å². The summed E-state index contributed by atoms with van der Waals surface area (Å²) in [5.74, 6) is -1.16. The van der Waals surface area contributed by atoms with E-state index in [1.54, 1.807) is 21.6 Å². The van der Waals surface area contributed by atoms with Crippen LogP contribution in [0.25, 0.3) is 0 Å². The Morgan fingerprint density at radius 1 is 1.13 bits per heavy atom. The number of fused-ring (bicyclic) bond motifs is 1. The molecule has 3 fully saturated rings. The van der Waals surface area contributed by atoms with Crippen molar-refractivity contribution in [2.45, 2.75) is 18.6 Å². The van der Waals surface area contributed by atoms with Gasteiger partial charge in [0, 0.05) is 31.9 Å². The number of hydrogen-bond donors (Lipinski definition) is 0. The number of benzene rings is 1. The number of nitrogens with zero attached hydrogens (tertiary/aromatic N) is 3. The summed E-state index contributed by atoms with van der Waals surface area (Å²) in [6.07, 6.45) is 3.17. The summed E-state index contributed by atoms with van der Waals surface area (Å²) in [4.78, 5) is 43.8. The van der Waals surface area contributed by atoms with Crippen LogP contribution < -0.4 is 4.90 Å². The summed E-state index contributed by atoms with van der Waals surface area (Å²) in [5, 5.41) is 0. The van der Waals surface area contributed by atoms with Crippen LogP contribution in [0.3, 0.4) is 0 Å². The van der Waals surface area contributed by atoms with Gasteiger partial charge < -0.3 is 24.2 Å². The molecule has 4 heterocycles. The highest BCUT2D eigenvalue weighted by Gasteiger charge is 2.67. The maximum absolute atomic E-state index is 13.4. The Hall–Kier alpha value is -2.87. The number of amides is 3. The van der Waals surface area contributed by atoms with Crippen LogP contribution >= 0.6 is 0 Å². The van der Waals surface area contributed by atoms with Gasteiger partial charge in [0.2, 0.25) is 11.8 Å². The van der Waals surface area contributed by atoms with Crippen molar-refractivity contribution < 1.29 is 23.9 Å². The van der Waals surface area contributed by atoms with Crippen LogP contribution in [0.15, 0.2) is 42.5 Å². The third-order valence-electron chi connectivity index (χ3n) is 6.57. The first-order valence-corrected chi connectivity index (χ1v) is 10.5. The van der Waals surface area contributed by atoms with Gasteiger partial charge in [-0.1, -0.05) is 30.4 Å². The Morgan fingerprint density at radius 2 is 1.83 bits per heavy atom. The van der Waals surface area contributed by atoms with E-state index >= 15 is 0 Å². The van der Waals surface area contributed by atoms with Crippen LogP contribution in [0.1, 0.15) is 6.92 Å². The van der Waals surface area contributed by atoms with Crippen molar-refractivity contribution in [1.29, 1.82) is 0 Å². The topological polar surface area (TPSA) is 79.4 Å². The highest BCUT2D eigenvalue weighted by atomic mass is 16.6. The molecule has 4 aliphatic heterocycles. The van der Waals surface area contributed by atoms with E-state index in [0.717, 1.165) is 5.69 Å². The fourth-order valence-electron chi connectivity index (χ4n) is 5.14. The predicted octanol–water partition coefficient (Wildman–Crippen LogP) is 1.27. The average Bonchev–Trinajstić information content (AvgIpc) is 3.42. The van der Waals surface area contributed by atoms with Crippen LogP contribution in [0.4, 0.5) is 10.5 Å². The van der Waals surface area contributed by atoms with Gasteiger partial charge in [0.25, 0.3) is 0 Å². The summed E-state index contributed by atoms with van der Waals surface area (Å²) in [5.41, 5.74) is 0.0889. The monoisotopic (exact) mass is 411 g/mol. The molecule has 4 atom stereocenters. The predicted molar refractivity (Wildman–Crippen MR) is 108 cm³/mol. The van der Waals surface area contributed by atoms with Crippen molar-refractivity contribution in [2.24, 2.45) is 11.8 Å². The molecule has 0 aliphatic carbocycles. The van der Waals surface area contributed by atoms with E-state index in [1.807, 2.05) is 42.5 Å². The van der Waals surface area contributed by atoms with Crippen molar-refractivity contribution in [3.8, 4) is 0 Å². The Bertz CT molecular complexity index is 895. The van der Waals surface area contributed by atoms with Gasteiger partial charge in [-0.3, -0.25) is 9.59 Å². The second kappa shape index (κ2) is 7.12. The number of rotatable bonds is 3. The van der Waals surface area contributed by atoms with Crippen molar-refractivity contribution in [1.82, 2.24) is 9.80 Å². The number of anilines is 1. The standard InChI is InChI=1S/C22H25N3O5/c1-2-29-21(28)24-12-10-23(11-13-24)19(26)17-16-8-9-22(30-16)14-25(20(27)18(17)22)15-6-4-3-5-7-15/h3-9,16-18H,2,10-14H2,1H3/t16-,17-,18-,22+/m1/s1. The Kier molecular flexibility index (Phi) is 4.54. The van der Waals surface area contributed by atoms with Gasteiger partial charge in [-0.05, 0) is 19.1 Å². The first kappa shape index (κ1) is 19.1. The molecule has 3 saturated heterocycles. The van der Waals surface area contributed by atoms with E-state index in [2.05, 4.69) is 0 Å². The zero-order chi connectivity index (χ0) is 20.9. The number of para-hydroxylation sites is 1.